The van der Waals surface area contributed by atoms with Gasteiger partial charge in [0.15, 0.2) is 0 Å². The van der Waals surface area contributed by atoms with E-state index in [1.165, 1.54) is 6.92 Å². The second-order valence-electron chi connectivity index (χ2n) is 2.60. The minimum Gasteiger partial charge on any atom is -0.425 e. The minimum absolute atomic E-state index is 0. The van der Waals surface area contributed by atoms with Crippen molar-refractivity contribution in [3.8, 4) is 0 Å². The number of nitrogens with two attached hydrogens (primary N) is 1. The molecular formula is C9H21NO4. The van der Waals surface area contributed by atoms with E-state index < -0.39 is 18.4 Å². The van der Waals surface area contributed by atoms with Gasteiger partial charge in [0.2, 0.25) is 6.29 Å². The quantitative estimate of drug-likeness (QED) is 0.566. The van der Waals surface area contributed by atoms with Gasteiger partial charge in [0.1, 0.15) is 0 Å². The number of ether oxygens (including phenoxy) is 2. The number of hydrogen-bond acceptors (Lipinski definition) is 4. The van der Waals surface area contributed by atoms with Crippen LogP contribution >= 0.6 is 0 Å². The lowest BCUT2D eigenvalue weighted by Crippen LogP contribution is -2.26. The number of carbonyl (C=O) groups excluding carboxylic acids is 2. The zero-order valence-electron chi connectivity index (χ0n) is 9.37. The Bertz CT molecular complexity index is 185. The Morgan fingerprint density at radius 2 is 1.57 bits per heavy atom. The number of esters is 1. The predicted molar refractivity (Wildman–Crippen MR) is 54.5 cm³/mol. The van der Waals surface area contributed by atoms with Crippen LogP contribution in [0.4, 0.5) is 4.79 Å². The summed E-state index contributed by atoms with van der Waals surface area (Å²) in [6, 6.07) is 0. The molecule has 0 spiro atoms. The highest BCUT2D eigenvalue weighted by atomic mass is 16.7. The normalized spacial score (nSPS) is 11.0. The third-order valence-corrected chi connectivity index (χ3v) is 1.04. The lowest BCUT2D eigenvalue weighted by atomic mass is 10.2. The van der Waals surface area contributed by atoms with Gasteiger partial charge in [-0.25, -0.2) is 4.79 Å². The summed E-state index contributed by atoms with van der Waals surface area (Å²) in [5.74, 6) is -0.673. The average Bonchev–Trinajstić information content (AvgIpc) is 2.05. The van der Waals surface area contributed by atoms with Crippen molar-refractivity contribution in [3.05, 3.63) is 0 Å². The molecule has 0 aromatic rings. The fourth-order valence-electron chi connectivity index (χ4n) is 0.487. The molecule has 2 N–H and O–H groups in total. The van der Waals surface area contributed by atoms with Gasteiger partial charge in [-0.3, -0.25) is 4.79 Å². The molecule has 0 radical (unpaired) electrons. The predicted octanol–water partition coefficient (Wildman–Crippen LogP) is 1.90. The molecule has 1 atom stereocenters. The van der Waals surface area contributed by atoms with Crippen molar-refractivity contribution >= 4 is 12.1 Å². The van der Waals surface area contributed by atoms with Crippen LogP contribution in [-0.4, -0.2) is 18.4 Å². The number of carbonyl (C=O) groups is 2. The molecule has 0 saturated carbocycles. The molecule has 0 saturated heterocycles. The maximum Gasteiger partial charge on any atom is 0.407 e. The highest BCUT2D eigenvalue weighted by Crippen LogP contribution is 2.01. The van der Waals surface area contributed by atoms with Crippen LogP contribution in [0.1, 0.15) is 36.0 Å². The smallest absolute Gasteiger partial charge is 0.407 e. The summed E-state index contributed by atoms with van der Waals surface area (Å²) < 4.78 is 9.03. The Morgan fingerprint density at radius 3 is 1.86 bits per heavy atom. The molecule has 0 aliphatic carbocycles. The SMILES string of the molecule is CC.CC(OC(N)=O)OC(=O)C(C)C.[HH]. The van der Waals surface area contributed by atoms with Gasteiger partial charge < -0.3 is 15.2 Å². The molecule has 0 aromatic carbocycles. The highest BCUT2D eigenvalue weighted by molar-refractivity contribution is 5.72. The van der Waals surface area contributed by atoms with Crippen LogP contribution in [0, 0.1) is 5.92 Å². The molecule has 0 aromatic heterocycles. The van der Waals surface area contributed by atoms with Crippen LogP contribution in [0.2, 0.25) is 0 Å². The van der Waals surface area contributed by atoms with Crippen molar-refractivity contribution in [3.63, 3.8) is 0 Å². The molecule has 0 aliphatic heterocycles. The standard InChI is InChI=1S/C7H13NO4.C2H6.H2/c1-4(2)6(9)11-5(3)12-7(8)10;1-2;/h4-5H,1-3H3,(H2,8,10);1-2H3;1H. The van der Waals surface area contributed by atoms with E-state index in [0.717, 1.165) is 0 Å². The second-order valence-corrected chi connectivity index (χ2v) is 2.60. The van der Waals surface area contributed by atoms with Gasteiger partial charge in [0.05, 0.1) is 5.92 Å². The molecule has 0 fully saturated rings. The van der Waals surface area contributed by atoms with Gasteiger partial charge in [-0.05, 0) is 0 Å². The molecule has 0 rings (SSSR count). The topological polar surface area (TPSA) is 78.6 Å². The molecular weight excluding hydrogens is 186 g/mol. The second kappa shape index (κ2) is 8.34. The van der Waals surface area contributed by atoms with Crippen molar-refractivity contribution in [2.24, 2.45) is 11.7 Å². The van der Waals surface area contributed by atoms with Crippen LogP contribution in [-0.2, 0) is 14.3 Å². The van der Waals surface area contributed by atoms with E-state index in [2.05, 4.69) is 9.47 Å². The van der Waals surface area contributed by atoms with E-state index in [1.807, 2.05) is 13.8 Å². The first kappa shape index (κ1) is 15.2. The summed E-state index contributed by atoms with van der Waals surface area (Å²) in [6.45, 7) is 8.78. The zero-order valence-corrected chi connectivity index (χ0v) is 9.37. The summed E-state index contributed by atoms with van der Waals surface area (Å²) >= 11 is 0. The molecule has 1 unspecified atom stereocenters. The number of primary amides is 1. The number of hydrogen-bond donors (Lipinski definition) is 1. The van der Waals surface area contributed by atoms with E-state index in [9.17, 15) is 9.59 Å². The van der Waals surface area contributed by atoms with Gasteiger partial charge in [-0.15, -0.1) is 0 Å². The lowest BCUT2D eigenvalue weighted by molar-refractivity contribution is -0.168. The van der Waals surface area contributed by atoms with Gasteiger partial charge in [0, 0.05) is 8.35 Å². The Labute approximate surface area is 86.0 Å². The molecule has 0 heterocycles. The van der Waals surface area contributed by atoms with Crippen molar-refractivity contribution in [1.29, 1.82) is 0 Å². The lowest BCUT2D eigenvalue weighted by Gasteiger charge is -2.13. The Hall–Kier alpha value is -1.26. The largest absolute Gasteiger partial charge is 0.425 e. The van der Waals surface area contributed by atoms with E-state index >= 15 is 0 Å². The Morgan fingerprint density at radius 1 is 1.14 bits per heavy atom. The van der Waals surface area contributed by atoms with Gasteiger partial charge in [-0.1, -0.05) is 27.7 Å². The fourth-order valence-corrected chi connectivity index (χ4v) is 0.487. The summed E-state index contributed by atoms with van der Waals surface area (Å²) in [5, 5.41) is 0. The van der Waals surface area contributed by atoms with Gasteiger partial charge in [-0.2, -0.15) is 0 Å². The van der Waals surface area contributed by atoms with E-state index in [-0.39, 0.29) is 7.34 Å². The third kappa shape index (κ3) is 8.83. The maximum atomic E-state index is 10.9. The van der Waals surface area contributed by atoms with Crippen LogP contribution < -0.4 is 5.73 Å². The van der Waals surface area contributed by atoms with Gasteiger partial charge >= 0.3 is 12.1 Å². The zero-order chi connectivity index (χ0) is 11.7. The summed E-state index contributed by atoms with van der Waals surface area (Å²) in [4.78, 5) is 21.1. The van der Waals surface area contributed by atoms with Crippen molar-refractivity contribution in [2.75, 3.05) is 0 Å². The minimum atomic E-state index is -0.959. The molecule has 0 bridgehead atoms. The highest BCUT2D eigenvalue weighted by Gasteiger charge is 2.14. The van der Waals surface area contributed by atoms with E-state index in [1.54, 1.807) is 13.8 Å². The first-order valence-corrected chi connectivity index (χ1v) is 4.60. The van der Waals surface area contributed by atoms with Crippen molar-refractivity contribution in [1.82, 2.24) is 0 Å². The maximum absolute atomic E-state index is 10.9. The molecule has 14 heavy (non-hydrogen) atoms. The van der Waals surface area contributed by atoms with Crippen LogP contribution in [0.25, 0.3) is 0 Å². The first-order chi connectivity index (χ1) is 6.43. The van der Waals surface area contributed by atoms with E-state index in [4.69, 9.17) is 5.73 Å². The monoisotopic (exact) mass is 207 g/mol. The summed E-state index contributed by atoms with van der Waals surface area (Å²) in [6.07, 6.45) is -1.88. The Kier molecular flexibility index (Phi) is 9.07. The van der Waals surface area contributed by atoms with Crippen molar-refractivity contribution < 1.29 is 20.5 Å². The first-order valence-electron chi connectivity index (χ1n) is 4.60. The molecule has 1 amide bonds. The molecule has 5 nitrogen and oxygen atoms in total. The van der Waals surface area contributed by atoms with Crippen LogP contribution in [0.15, 0.2) is 0 Å². The van der Waals surface area contributed by atoms with Gasteiger partial charge in [0.25, 0.3) is 0 Å². The fraction of sp³-hybridized carbons (Fsp3) is 0.778. The molecule has 86 valence electrons. The third-order valence-electron chi connectivity index (χ3n) is 1.04. The molecule has 0 aliphatic rings. The number of amides is 1. The van der Waals surface area contributed by atoms with Crippen LogP contribution in [0.3, 0.4) is 0 Å². The Balaban J connectivity index is -0.000000449. The summed E-state index contributed by atoms with van der Waals surface area (Å²) in [7, 11) is 0. The summed E-state index contributed by atoms with van der Waals surface area (Å²) in [5.41, 5.74) is 4.69. The molecule has 5 heteroatoms. The average molecular weight is 207 g/mol. The van der Waals surface area contributed by atoms with Crippen LogP contribution in [0.5, 0.6) is 0 Å². The number of rotatable bonds is 3. The van der Waals surface area contributed by atoms with E-state index in [0.29, 0.717) is 0 Å². The van der Waals surface area contributed by atoms with Crippen molar-refractivity contribution in [2.45, 2.75) is 40.9 Å².